The molecule has 0 amide bonds. The van der Waals surface area contributed by atoms with Crippen molar-refractivity contribution < 1.29 is 76.6 Å². The molecule has 6 saturated carbocycles. The first-order valence-corrected chi connectivity index (χ1v) is 22.4. The zero-order valence-corrected chi connectivity index (χ0v) is 35.7. The van der Waals surface area contributed by atoms with Gasteiger partial charge in [-0.1, -0.05) is 0 Å². The summed E-state index contributed by atoms with van der Waals surface area (Å²) in [6, 6.07) is 0. The van der Waals surface area contributed by atoms with Crippen molar-refractivity contribution in [3.05, 3.63) is 47.6 Å². The maximum absolute atomic E-state index is 17.5. The van der Waals surface area contributed by atoms with E-state index in [0.29, 0.717) is 49.7 Å². The Morgan fingerprint density at radius 3 is 1.42 bits per heavy atom. The number of hydrogen-bond donors (Lipinski definition) is 4. The first-order chi connectivity index (χ1) is 26.5. The van der Waals surface area contributed by atoms with Crippen molar-refractivity contribution in [2.45, 2.75) is 153 Å². The molecule has 0 bridgehead atoms. The van der Waals surface area contributed by atoms with Gasteiger partial charge >= 0.3 is 336 Å². The number of halogens is 3. The number of rotatable bonds is 8. The molecule has 0 spiro atoms. The van der Waals surface area contributed by atoms with Gasteiger partial charge in [-0.15, -0.1) is 0 Å². The average Bonchev–Trinajstić information content (AvgIpc) is 3.58. The molecule has 13 heteroatoms. The van der Waals surface area contributed by atoms with Crippen LogP contribution < -0.4 is 22.0 Å². The minimum atomic E-state index is -2.09. The van der Waals surface area contributed by atoms with Gasteiger partial charge in [0, 0.05) is 0 Å². The van der Waals surface area contributed by atoms with Crippen molar-refractivity contribution >= 4 is 23.1 Å². The number of allylic oxidation sites excluding steroid dienone is 8. The van der Waals surface area contributed by atoms with Gasteiger partial charge in [0.1, 0.15) is 0 Å². The van der Waals surface area contributed by atoms with Crippen LogP contribution in [0.25, 0.3) is 0 Å². The summed E-state index contributed by atoms with van der Waals surface area (Å²) < 4.78 is 46.8. The summed E-state index contributed by atoms with van der Waals surface area (Å²) in [7, 11) is 0. The zero-order chi connectivity index (χ0) is 41.5. The third-order valence-corrected chi connectivity index (χ3v) is 19.4. The first kappa shape index (κ1) is 41.7. The van der Waals surface area contributed by atoms with Crippen LogP contribution in [0.1, 0.15) is 106 Å². The van der Waals surface area contributed by atoms with Crippen molar-refractivity contribution in [2.75, 3.05) is 0 Å². The fourth-order valence-electron chi connectivity index (χ4n) is 14.1. The average molecular weight is 910 g/mol. The molecule has 8 aliphatic carbocycles. The summed E-state index contributed by atoms with van der Waals surface area (Å²) >= 11 is -1.74. The Morgan fingerprint density at radius 1 is 0.684 bits per heavy atom. The van der Waals surface area contributed by atoms with E-state index in [1.807, 2.05) is 0 Å². The molecule has 0 aromatic rings. The summed E-state index contributed by atoms with van der Waals surface area (Å²) in [6.45, 7) is 9.94. The number of Topliss-reactive ketones (excluding diaryl/α,β-unsaturated/α-hetero) is 2. The predicted octanol–water partition coefficient (Wildman–Crippen LogP) is 2.06. The number of aliphatic hydroxyl groups excluding tert-OH is 2. The third-order valence-electron chi connectivity index (χ3n) is 17.5. The molecule has 0 aromatic heterocycles. The van der Waals surface area contributed by atoms with Crippen molar-refractivity contribution in [3.8, 4) is 0 Å². The topological polar surface area (TPSA) is 168 Å². The summed E-state index contributed by atoms with van der Waals surface area (Å²) in [5.74, 6) is -3.79. The molecule has 8 aliphatic rings. The van der Waals surface area contributed by atoms with E-state index >= 15 is 8.78 Å². The molecule has 8 rings (SSSR count). The van der Waals surface area contributed by atoms with Crippen LogP contribution in [-0.4, -0.2) is 90.5 Å². The number of hydrogen-bond acceptors (Lipinski definition) is 10. The Labute approximate surface area is 343 Å². The van der Waals surface area contributed by atoms with Crippen LogP contribution in [0, 0.1) is 45.3 Å². The van der Waals surface area contributed by atoms with Crippen molar-refractivity contribution in [3.63, 3.8) is 0 Å². The second kappa shape index (κ2) is 13.2. The Hall–Kier alpha value is -2.01. The molecular weight excluding hydrogens is 853 g/mol. The van der Waals surface area contributed by atoms with Crippen molar-refractivity contribution in [1.29, 1.82) is 0 Å². The SMILES string of the molecule is CC(O[I-]OC(C)C(=O)C1(O)CCC2C3CCC4=CC(=O)C=CC4(C)C3(F)C(O)CC21C)C(=O)C1(O)CCC2C3CCC4=CC(=O)C=CC4(C)C3(F)C(O)CC21C. The molecule has 16 unspecified atom stereocenters. The van der Waals surface area contributed by atoms with E-state index in [-0.39, 0.29) is 37.2 Å². The van der Waals surface area contributed by atoms with Crippen LogP contribution in [0.4, 0.5) is 8.78 Å². The van der Waals surface area contributed by atoms with Gasteiger partial charge in [-0.2, -0.15) is 0 Å². The van der Waals surface area contributed by atoms with Crippen LogP contribution in [0.2, 0.25) is 0 Å². The minimum absolute atomic E-state index is 0.0623. The van der Waals surface area contributed by atoms with Crippen LogP contribution in [-0.2, 0) is 25.3 Å². The molecule has 6 fully saturated rings. The van der Waals surface area contributed by atoms with Gasteiger partial charge in [-0.25, -0.2) is 0 Å². The van der Waals surface area contributed by atoms with E-state index < -0.39 is 126 Å². The number of fused-ring (bicyclic) bond motifs is 10. The first-order valence-electron chi connectivity index (χ1n) is 20.6. The van der Waals surface area contributed by atoms with Crippen LogP contribution >= 0.6 is 0 Å². The van der Waals surface area contributed by atoms with E-state index in [0.717, 1.165) is 0 Å². The van der Waals surface area contributed by atoms with Crippen molar-refractivity contribution in [1.82, 2.24) is 0 Å². The Bertz CT molecular complexity index is 1800. The molecule has 57 heavy (non-hydrogen) atoms. The fourth-order valence-corrected chi connectivity index (χ4v) is 15.3. The zero-order valence-electron chi connectivity index (χ0n) is 33.5. The van der Waals surface area contributed by atoms with E-state index in [1.165, 1.54) is 38.2 Å². The van der Waals surface area contributed by atoms with E-state index in [2.05, 4.69) is 0 Å². The molecule has 314 valence electrons. The van der Waals surface area contributed by atoms with E-state index in [1.54, 1.807) is 39.8 Å². The number of carbonyl (C=O) groups excluding carboxylic acids is 4. The quantitative estimate of drug-likeness (QED) is 0.265. The second-order valence-electron chi connectivity index (χ2n) is 19.6. The van der Waals surface area contributed by atoms with Crippen molar-refractivity contribution in [2.24, 2.45) is 45.3 Å². The Kier molecular flexibility index (Phi) is 9.69. The second-order valence-corrected chi connectivity index (χ2v) is 21.0. The standard InChI is InChI=1S/C44H56F2IO10/c1-23(35(52)41(54)17-13-29-31-9-7-25-19-27(48)11-15-37(25,3)43(31,45)33(50)21-39(29,41)5)56-47-57-24(2)36(53)42(55)18-14-30-32-10-8-26-20-28(49)12-16-38(26,4)44(32,46)34(51)22-40(30,42)6/h11-12,15-16,19-20,23-24,29-34,50-51,54-55H,7-10,13-14,17-18,21-22H2,1-6H3/q-1. The molecule has 10 nitrogen and oxygen atoms in total. The van der Waals surface area contributed by atoms with Gasteiger partial charge in [-0.05, 0) is 0 Å². The van der Waals surface area contributed by atoms with Gasteiger partial charge in [0.2, 0.25) is 0 Å². The molecule has 0 aromatic carbocycles. The third kappa shape index (κ3) is 5.17. The number of aliphatic hydroxyl groups is 4. The fraction of sp³-hybridized carbons (Fsp3) is 0.727. The normalized spacial score (nSPS) is 50.7. The number of alkyl halides is 2. The van der Waals surface area contributed by atoms with Gasteiger partial charge in [0.15, 0.2) is 0 Å². The van der Waals surface area contributed by atoms with Gasteiger partial charge in [0.05, 0.1) is 0 Å². The molecular formula is C44H56F2IO10-. The van der Waals surface area contributed by atoms with E-state index in [9.17, 15) is 39.6 Å². The van der Waals surface area contributed by atoms with Crippen LogP contribution in [0.15, 0.2) is 47.6 Å². The Balaban J connectivity index is 0.929. The van der Waals surface area contributed by atoms with E-state index in [4.69, 9.17) is 6.13 Å². The monoisotopic (exact) mass is 909 g/mol. The summed E-state index contributed by atoms with van der Waals surface area (Å²) in [4.78, 5) is 52.6. The van der Waals surface area contributed by atoms with Gasteiger partial charge in [0.25, 0.3) is 0 Å². The molecule has 16 atom stereocenters. The summed E-state index contributed by atoms with van der Waals surface area (Å²) in [5.41, 5.74) is -11.4. The summed E-state index contributed by atoms with van der Waals surface area (Å²) in [6.07, 6.45) is 5.68. The van der Waals surface area contributed by atoms with Crippen LogP contribution in [0.5, 0.6) is 0 Å². The molecule has 0 radical (unpaired) electrons. The van der Waals surface area contributed by atoms with Crippen LogP contribution in [0.3, 0.4) is 0 Å². The Morgan fingerprint density at radius 2 is 1.05 bits per heavy atom. The molecule has 0 heterocycles. The predicted molar refractivity (Wildman–Crippen MR) is 198 cm³/mol. The maximum atomic E-state index is 17.5. The molecule has 4 N–H and O–H groups in total. The number of ketones is 4. The van der Waals surface area contributed by atoms with Gasteiger partial charge < -0.3 is 0 Å². The molecule has 0 saturated heterocycles. The van der Waals surface area contributed by atoms with Gasteiger partial charge in [-0.3, -0.25) is 9.59 Å². The molecule has 0 aliphatic heterocycles. The summed E-state index contributed by atoms with van der Waals surface area (Å²) in [5, 5.41) is 47.7. The number of carbonyl (C=O) groups is 4.